The van der Waals surface area contributed by atoms with Gasteiger partial charge in [-0.1, -0.05) is 0 Å². The molecule has 4 rings (SSSR count). The predicted octanol–water partition coefficient (Wildman–Crippen LogP) is 3.25. The molecule has 0 unspecified atom stereocenters. The number of alkyl halides is 8. The first kappa shape index (κ1) is 24.2. The van der Waals surface area contributed by atoms with Crippen LogP contribution in [0.2, 0.25) is 0 Å². The summed E-state index contributed by atoms with van der Waals surface area (Å²) in [5.74, 6) is -7.76. The Kier molecular flexibility index (Phi) is 5.19. The lowest BCUT2D eigenvalue weighted by Gasteiger charge is -2.19. The Bertz CT molecular complexity index is 1340. The van der Waals surface area contributed by atoms with Crippen LogP contribution in [0.3, 0.4) is 0 Å². The number of hydrogen-bond acceptors (Lipinski definition) is 5. The average Bonchev–Trinajstić information content (AvgIpc) is 3.14. The molecular weight excluding hydrogens is 496 g/mol. The zero-order valence-electron chi connectivity index (χ0n) is 17.3. The van der Waals surface area contributed by atoms with E-state index in [4.69, 9.17) is 5.26 Å². The lowest BCUT2D eigenvalue weighted by atomic mass is 10.1. The number of imidazole rings is 1. The Morgan fingerprint density at radius 3 is 2.34 bits per heavy atom. The first-order valence-corrected chi connectivity index (χ1v) is 9.52. The van der Waals surface area contributed by atoms with Crippen molar-refractivity contribution in [3.8, 4) is 17.6 Å². The summed E-state index contributed by atoms with van der Waals surface area (Å²) in [6.07, 6.45) is -6.92. The summed E-state index contributed by atoms with van der Waals surface area (Å²) in [6.45, 7) is 0. The fourth-order valence-corrected chi connectivity index (χ4v) is 3.21. The van der Waals surface area contributed by atoms with Crippen molar-refractivity contribution in [1.82, 2.24) is 34.4 Å². The van der Waals surface area contributed by atoms with E-state index < -0.39 is 46.8 Å². The summed E-state index contributed by atoms with van der Waals surface area (Å²) >= 11 is 0. The van der Waals surface area contributed by atoms with Crippen molar-refractivity contribution in [2.45, 2.75) is 36.7 Å². The maximum atomic E-state index is 13.9. The van der Waals surface area contributed by atoms with Crippen molar-refractivity contribution in [2.75, 3.05) is 0 Å². The van der Waals surface area contributed by atoms with Gasteiger partial charge in [-0.15, -0.1) is 0 Å². The summed E-state index contributed by atoms with van der Waals surface area (Å²) in [5.41, 5.74) is -5.94. The van der Waals surface area contributed by atoms with Gasteiger partial charge in [0, 0.05) is 13.2 Å². The van der Waals surface area contributed by atoms with E-state index in [1.54, 1.807) is 0 Å². The second-order valence-electron chi connectivity index (χ2n) is 7.70. The van der Waals surface area contributed by atoms with E-state index in [0.29, 0.717) is 17.5 Å². The number of nitriles is 1. The van der Waals surface area contributed by atoms with Crippen LogP contribution >= 0.6 is 0 Å². The Hall–Kier alpha value is -3.97. The molecule has 1 amide bonds. The highest BCUT2D eigenvalue weighted by molar-refractivity contribution is 5.93. The fraction of sp³-hybridized carbons (Fsp3) is 0.389. The molecule has 9 nitrogen and oxygen atoms in total. The van der Waals surface area contributed by atoms with Crippen LogP contribution in [0.1, 0.15) is 34.6 Å². The molecule has 3 aromatic rings. The number of rotatable bonds is 5. The number of carbonyl (C=O) groups is 1. The molecule has 35 heavy (non-hydrogen) atoms. The molecule has 0 aliphatic heterocycles. The largest absolute Gasteiger partial charge is 0.459 e. The van der Waals surface area contributed by atoms with Gasteiger partial charge in [0.2, 0.25) is 0 Å². The Balaban J connectivity index is 1.71. The first-order valence-electron chi connectivity index (χ1n) is 9.52. The molecule has 1 aliphatic rings. The number of halogens is 8. The second kappa shape index (κ2) is 7.52. The molecule has 0 spiro atoms. The summed E-state index contributed by atoms with van der Waals surface area (Å²) < 4.78 is 109. The molecule has 1 saturated carbocycles. The number of nitrogens with zero attached hydrogens (tertiary/aromatic N) is 7. The third kappa shape index (κ3) is 4.08. The summed E-state index contributed by atoms with van der Waals surface area (Å²) in [6, 6.07) is 1.95. The molecule has 1 aliphatic carbocycles. The molecule has 0 aromatic carbocycles. The van der Waals surface area contributed by atoms with Crippen molar-refractivity contribution in [3.63, 3.8) is 0 Å². The van der Waals surface area contributed by atoms with E-state index in [-0.39, 0.29) is 16.1 Å². The number of aromatic nitrogens is 6. The van der Waals surface area contributed by atoms with Gasteiger partial charge in [-0.25, -0.2) is 14.3 Å². The molecule has 3 aromatic heterocycles. The minimum absolute atomic E-state index is 0.00331. The standard InChI is InChI=1S/C18H12F8N8O/c1-32-14(11(17(21,22)23)12(31-32)16(19,20)18(24,25)26)34-5-9(4-29-34)33-6-10(28-8-33)13(35)30-15(7-27)2-3-15/h4-6,8H,2-3H2,1H3,(H,30,35). The average molecular weight is 508 g/mol. The van der Waals surface area contributed by atoms with Crippen LogP contribution in [-0.2, 0) is 19.1 Å². The topological polar surface area (TPSA) is 106 Å². The van der Waals surface area contributed by atoms with E-state index in [9.17, 15) is 39.9 Å². The highest BCUT2D eigenvalue weighted by Gasteiger charge is 2.64. The zero-order valence-corrected chi connectivity index (χ0v) is 17.3. The maximum absolute atomic E-state index is 13.9. The number of nitrogens with one attached hydrogen (secondary N) is 1. The van der Waals surface area contributed by atoms with E-state index in [0.717, 1.165) is 30.3 Å². The van der Waals surface area contributed by atoms with Crippen molar-refractivity contribution < 1.29 is 39.9 Å². The molecule has 0 bridgehead atoms. The van der Waals surface area contributed by atoms with Crippen molar-refractivity contribution in [3.05, 3.63) is 41.9 Å². The van der Waals surface area contributed by atoms with Gasteiger partial charge in [0.25, 0.3) is 5.91 Å². The fourth-order valence-electron chi connectivity index (χ4n) is 3.21. The molecule has 0 saturated heterocycles. The van der Waals surface area contributed by atoms with Gasteiger partial charge in [-0.05, 0) is 12.8 Å². The molecule has 0 atom stereocenters. The van der Waals surface area contributed by atoms with Crippen molar-refractivity contribution in [1.29, 1.82) is 5.26 Å². The van der Waals surface area contributed by atoms with Crippen LogP contribution in [0.15, 0.2) is 24.9 Å². The lowest BCUT2D eigenvalue weighted by Crippen LogP contribution is -2.36. The smallest absolute Gasteiger partial charge is 0.332 e. The molecule has 186 valence electrons. The second-order valence-corrected chi connectivity index (χ2v) is 7.70. The number of amides is 1. The van der Waals surface area contributed by atoms with Gasteiger partial charge in [0.15, 0.2) is 11.5 Å². The van der Waals surface area contributed by atoms with Gasteiger partial charge in [0.05, 0.1) is 24.2 Å². The highest BCUT2D eigenvalue weighted by Crippen LogP contribution is 2.49. The predicted molar refractivity (Wildman–Crippen MR) is 97.4 cm³/mol. The third-order valence-electron chi connectivity index (χ3n) is 5.17. The summed E-state index contributed by atoms with van der Waals surface area (Å²) in [4.78, 5) is 16.1. The first-order chi connectivity index (χ1) is 16.1. The number of hydrogen-bond donors (Lipinski definition) is 1. The molecule has 1 fully saturated rings. The third-order valence-corrected chi connectivity index (χ3v) is 5.17. The van der Waals surface area contributed by atoms with Crippen molar-refractivity contribution in [2.24, 2.45) is 7.05 Å². The van der Waals surface area contributed by atoms with Crippen LogP contribution in [-0.4, -0.2) is 46.7 Å². The van der Waals surface area contributed by atoms with Crippen LogP contribution in [0.4, 0.5) is 35.1 Å². The van der Waals surface area contributed by atoms with Crippen LogP contribution in [0.25, 0.3) is 11.5 Å². The van der Waals surface area contributed by atoms with Gasteiger partial charge in [-0.2, -0.15) is 50.6 Å². The van der Waals surface area contributed by atoms with Gasteiger partial charge in [0.1, 0.15) is 23.1 Å². The maximum Gasteiger partial charge on any atom is 0.459 e. The Morgan fingerprint density at radius 1 is 1.14 bits per heavy atom. The number of aryl methyl sites for hydroxylation is 1. The van der Waals surface area contributed by atoms with Crippen LogP contribution < -0.4 is 5.32 Å². The van der Waals surface area contributed by atoms with Crippen LogP contribution in [0, 0.1) is 11.3 Å². The van der Waals surface area contributed by atoms with Crippen molar-refractivity contribution >= 4 is 5.91 Å². The number of carbonyl (C=O) groups excluding carboxylic acids is 1. The molecule has 1 N–H and O–H groups in total. The zero-order chi connectivity index (χ0) is 26.0. The normalized spacial score (nSPS) is 15.7. The quantitative estimate of drug-likeness (QED) is 0.533. The van der Waals surface area contributed by atoms with Gasteiger partial charge < -0.3 is 9.88 Å². The van der Waals surface area contributed by atoms with Gasteiger partial charge >= 0.3 is 18.3 Å². The Labute approximate surface area is 189 Å². The summed E-state index contributed by atoms with van der Waals surface area (Å²) in [5, 5.41) is 18.0. The molecule has 0 radical (unpaired) electrons. The monoisotopic (exact) mass is 508 g/mol. The minimum atomic E-state index is -6.33. The van der Waals surface area contributed by atoms with E-state index in [2.05, 4.69) is 20.5 Å². The van der Waals surface area contributed by atoms with E-state index in [1.807, 2.05) is 6.07 Å². The molecule has 3 heterocycles. The van der Waals surface area contributed by atoms with E-state index in [1.165, 1.54) is 6.20 Å². The summed E-state index contributed by atoms with van der Waals surface area (Å²) in [7, 11) is 0.754. The molecule has 17 heteroatoms. The lowest BCUT2D eigenvalue weighted by molar-refractivity contribution is -0.292. The highest BCUT2D eigenvalue weighted by atomic mass is 19.4. The van der Waals surface area contributed by atoms with E-state index >= 15 is 0 Å². The van der Waals surface area contributed by atoms with Gasteiger partial charge in [-0.3, -0.25) is 4.79 Å². The molecular formula is C18H12F8N8O. The van der Waals surface area contributed by atoms with Crippen LogP contribution in [0.5, 0.6) is 0 Å². The Morgan fingerprint density at radius 2 is 1.80 bits per heavy atom. The minimum Gasteiger partial charge on any atom is -0.332 e. The SMILES string of the molecule is Cn1nc(C(F)(F)C(F)(F)F)c(C(F)(F)F)c1-n1cc(-n2cnc(C(=O)NC3(C#N)CC3)c2)cn1.